The molecule has 0 radical (unpaired) electrons. The van der Waals surface area contributed by atoms with Crippen LogP contribution in [0.3, 0.4) is 0 Å². The minimum absolute atomic E-state index is 0.00192. The number of piperazine rings is 1. The molecule has 0 aliphatic carbocycles. The lowest BCUT2D eigenvalue weighted by Gasteiger charge is -2.35. The van der Waals surface area contributed by atoms with Crippen molar-refractivity contribution < 1.29 is 4.79 Å². The molecule has 0 bridgehead atoms. The van der Waals surface area contributed by atoms with Gasteiger partial charge < -0.3 is 20.1 Å². The van der Waals surface area contributed by atoms with Crippen LogP contribution < -0.4 is 10.2 Å². The van der Waals surface area contributed by atoms with Gasteiger partial charge in [-0.2, -0.15) is 0 Å². The number of carbonyl (C=O) groups excluding carboxylic acids is 1. The van der Waals surface area contributed by atoms with Crippen LogP contribution in [0.25, 0.3) is 10.9 Å². The lowest BCUT2D eigenvalue weighted by atomic mass is 9.97. The number of thiophene rings is 1. The minimum Gasteiger partial charge on any atom is -0.361 e. The van der Waals surface area contributed by atoms with Gasteiger partial charge in [-0.15, -0.1) is 11.3 Å². The molecule has 0 spiro atoms. The van der Waals surface area contributed by atoms with Crippen molar-refractivity contribution in [2.75, 3.05) is 37.6 Å². The summed E-state index contributed by atoms with van der Waals surface area (Å²) in [5.41, 5.74) is 2.34. The first kappa shape index (κ1) is 19.6. The maximum atomic E-state index is 12.9. The third-order valence-corrected chi connectivity index (χ3v) is 6.87. The maximum absolute atomic E-state index is 12.9. The number of para-hydroxylation sites is 1. The standard InChI is InChI=1S/C24H25N5OS/c30-24(29-13-11-28(12-14-29)23-9-3-4-10-25-23)27-17-20(22-8-5-15-31-22)19-16-26-21-7-2-1-6-18(19)21/h1-10,15-16,20,26H,11-14,17H2,(H,27,30). The van der Waals surface area contributed by atoms with Crippen molar-refractivity contribution in [3.05, 3.63) is 82.8 Å². The molecule has 4 heterocycles. The van der Waals surface area contributed by atoms with Gasteiger partial charge in [0.1, 0.15) is 5.82 Å². The smallest absolute Gasteiger partial charge is 0.317 e. The quantitative estimate of drug-likeness (QED) is 0.496. The van der Waals surface area contributed by atoms with Gasteiger partial charge in [0.15, 0.2) is 0 Å². The third-order valence-electron chi connectivity index (χ3n) is 5.88. The normalized spacial score (nSPS) is 15.2. The van der Waals surface area contributed by atoms with E-state index in [1.807, 2.05) is 35.4 Å². The van der Waals surface area contributed by atoms with Gasteiger partial charge in [-0.1, -0.05) is 30.3 Å². The van der Waals surface area contributed by atoms with E-state index in [-0.39, 0.29) is 11.9 Å². The number of aromatic amines is 1. The van der Waals surface area contributed by atoms with E-state index in [1.165, 1.54) is 15.8 Å². The number of hydrogen-bond donors (Lipinski definition) is 2. The number of carbonyl (C=O) groups is 1. The van der Waals surface area contributed by atoms with Crippen molar-refractivity contribution in [3.63, 3.8) is 0 Å². The lowest BCUT2D eigenvalue weighted by Crippen LogP contribution is -2.52. The van der Waals surface area contributed by atoms with Crippen LogP contribution in [0.5, 0.6) is 0 Å². The van der Waals surface area contributed by atoms with Crippen LogP contribution in [-0.4, -0.2) is 53.6 Å². The Kier molecular flexibility index (Phi) is 5.58. The summed E-state index contributed by atoms with van der Waals surface area (Å²) in [5.74, 6) is 1.09. The molecule has 2 N–H and O–H groups in total. The second-order valence-corrected chi connectivity index (χ2v) is 8.68. The number of H-pyrrole nitrogens is 1. The van der Waals surface area contributed by atoms with E-state index in [0.717, 1.165) is 24.4 Å². The Morgan fingerprint density at radius 2 is 1.90 bits per heavy atom. The predicted molar refractivity (Wildman–Crippen MR) is 126 cm³/mol. The summed E-state index contributed by atoms with van der Waals surface area (Å²) in [6.45, 7) is 3.54. The summed E-state index contributed by atoms with van der Waals surface area (Å²) in [7, 11) is 0. The molecule has 1 saturated heterocycles. The number of hydrogen-bond acceptors (Lipinski definition) is 4. The molecule has 1 aromatic carbocycles. The van der Waals surface area contributed by atoms with Crippen LogP contribution in [0.4, 0.5) is 10.6 Å². The van der Waals surface area contributed by atoms with Gasteiger partial charge in [-0.05, 0) is 35.2 Å². The number of amides is 2. The van der Waals surface area contributed by atoms with Crippen molar-refractivity contribution in [1.29, 1.82) is 0 Å². The van der Waals surface area contributed by atoms with Gasteiger partial charge in [0.05, 0.1) is 0 Å². The molecule has 1 aliphatic heterocycles. The number of nitrogens with zero attached hydrogens (tertiary/aromatic N) is 3. The van der Waals surface area contributed by atoms with E-state index in [9.17, 15) is 4.79 Å². The van der Waals surface area contributed by atoms with Crippen molar-refractivity contribution in [2.24, 2.45) is 0 Å². The Hall–Kier alpha value is -3.32. The number of benzene rings is 1. The SMILES string of the molecule is O=C(NCC(c1cccs1)c1c[nH]c2ccccc12)N1CCN(c2ccccn2)CC1. The van der Waals surface area contributed by atoms with E-state index in [2.05, 4.69) is 62.1 Å². The molecular formula is C24H25N5OS. The molecule has 5 rings (SSSR count). The first-order chi connectivity index (χ1) is 15.3. The van der Waals surface area contributed by atoms with E-state index >= 15 is 0 Å². The van der Waals surface area contributed by atoms with E-state index in [1.54, 1.807) is 11.3 Å². The number of rotatable bonds is 5. The Balaban J connectivity index is 1.25. The van der Waals surface area contributed by atoms with Crippen molar-refractivity contribution >= 4 is 34.1 Å². The third kappa shape index (κ3) is 4.14. The largest absolute Gasteiger partial charge is 0.361 e. The molecule has 1 atom stereocenters. The first-order valence-corrected chi connectivity index (χ1v) is 11.5. The zero-order valence-electron chi connectivity index (χ0n) is 17.2. The molecule has 1 unspecified atom stereocenters. The first-order valence-electron chi connectivity index (χ1n) is 10.6. The van der Waals surface area contributed by atoms with Crippen LogP contribution in [0, 0.1) is 0 Å². The zero-order valence-corrected chi connectivity index (χ0v) is 18.0. The molecule has 31 heavy (non-hydrogen) atoms. The van der Waals surface area contributed by atoms with Crippen LogP contribution >= 0.6 is 11.3 Å². The maximum Gasteiger partial charge on any atom is 0.317 e. The van der Waals surface area contributed by atoms with E-state index < -0.39 is 0 Å². The number of nitrogens with one attached hydrogen (secondary N) is 2. The van der Waals surface area contributed by atoms with Gasteiger partial charge in [0.2, 0.25) is 0 Å². The van der Waals surface area contributed by atoms with Gasteiger partial charge >= 0.3 is 6.03 Å². The highest BCUT2D eigenvalue weighted by atomic mass is 32.1. The molecule has 4 aromatic rings. The summed E-state index contributed by atoms with van der Waals surface area (Å²) in [5, 5.41) is 6.49. The molecule has 1 aliphatic rings. The highest BCUT2D eigenvalue weighted by Gasteiger charge is 2.24. The molecular weight excluding hydrogens is 406 g/mol. The summed E-state index contributed by atoms with van der Waals surface area (Å²) < 4.78 is 0. The summed E-state index contributed by atoms with van der Waals surface area (Å²) in [6, 6.07) is 18.5. The van der Waals surface area contributed by atoms with Crippen LogP contribution in [0.15, 0.2) is 72.4 Å². The van der Waals surface area contributed by atoms with Crippen molar-refractivity contribution in [2.45, 2.75) is 5.92 Å². The Labute approximate surface area is 185 Å². The average molecular weight is 432 g/mol. The van der Waals surface area contributed by atoms with E-state index in [0.29, 0.717) is 19.6 Å². The summed E-state index contributed by atoms with van der Waals surface area (Å²) in [4.78, 5) is 26.1. The minimum atomic E-state index is 0.00192. The van der Waals surface area contributed by atoms with Gasteiger partial charge in [0, 0.05) is 66.8 Å². The van der Waals surface area contributed by atoms with Gasteiger partial charge in [-0.3, -0.25) is 0 Å². The highest BCUT2D eigenvalue weighted by molar-refractivity contribution is 7.10. The topological polar surface area (TPSA) is 64.3 Å². The molecule has 158 valence electrons. The fraction of sp³-hybridized carbons (Fsp3) is 0.250. The molecule has 1 fully saturated rings. The lowest BCUT2D eigenvalue weighted by molar-refractivity contribution is 0.194. The Morgan fingerprint density at radius 3 is 2.68 bits per heavy atom. The highest BCUT2D eigenvalue weighted by Crippen LogP contribution is 2.32. The molecule has 7 heteroatoms. The van der Waals surface area contributed by atoms with Gasteiger partial charge in [0.25, 0.3) is 0 Å². The molecule has 6 nitrogen and oxygen atoms in total. The van der Waals surface area contributed by atoms with Crippen LogP contribution in [0.2, 0.25) is 0 Å². The Morgan fingerprint density at radius 1 is 1.06 bits per heavy atom. The number of urea groups is 1. The fourth-order valence-corrected chi connectivity index (χ4v) is 5.06. The molecule has 0 saturated carbocycles. The average Bonchev–Trinajstić information content (AvgIpc) is 3.51. The molecule has 2 amide bonds. The number of aromatic nitrogens is 2. The number of fused-ring (bicyclic) bond motifs is 1. The van der Waals surface area contributed by atoms with Gasteiger partial charge in [-0.25, -0.2) is 9.78 Å². The summed E-state index contributed by atoms with van der Waals surface area (Å²) in [6.07, 6.45) is 3.89. The van der Waals surface area contributed by atoms with Crippen molar-refractivity contribution in [3.8, 4) is 0 Å². The van der Waals surface area contributed by atoms with Crippen LogP contribution in [0.1, 0.15) is 16.4 Å². The fourth-order valence-electron chi connectivity index (χ4n) is 4.22. The second-order valence-electron chi connectivity index (χ2n) is 7.71. The zero-order chi connectivity index (χ0) is 21.0. The Bertz CT molecular complexity index is 1130. The second kappa shape index (κ2) is 8.81. The van der Waals surface area contributed by atoms with Crippen molar-refractivity contribution in [1.82, 2.24) is 20.2 Å². The predicted octanol–water partition coefficient (Wildman–Crippen LogP) is 4.29. The van der Waals surface area contributed by atoms with Crippen LogP contribution in [-0.2, 0) is 0 Å². The number of pyridine rings is 1. The number of anilines is 1. The summed E-state index contributed by atoms with van der Waals surface area (Å²) >= 11 is 1.73. The van der Waals surface area contributed by atoms with E-state index in [4.69, 9.17) is 0 Å². The monoisotopic (exact) mass is 431 g/mol. The molecule has 3 aromatic heterocycles.